The molecule has 0 unspecified atom stereocenters. The molecule has 0 amide bonds. The molecule has 1 nitrogen and oxygen atoms in total. The number of allylic oxidation sites excluding steroid dienone is 6. The van der Waals surface area contributed by atoms with E-state index in [0.29, 0.717) is 6.42 Å². The average Bonchev–Trinajstić information content (AvgIpc) is 2.43. The van der Waals surface area contributed by atoms with Gasteiger partial charge in [0.05, 0.1) is 0 Å². The standard InChI is InChI=1S/C18H30O/c1-2-3-4-5-6-7-8-9-10-11-12-13-14-15-16-17-18-19/h6-7,9-10,12-13,18H,2-5,8,11,14-17H2,1H3. The molecule has 0 aliphatic heterocycles. The van der Waals surface area contributed by atoms with Gasteiger partial charge in [-0.1, -0.05) is 56.2 Å². The number of hydrogen-bond acceptors (Lipinski definition) is 1. The molecule has 0 aromatic carbocycles. The van der Waals surface area contributed by atoms with Crippen LogP contribution in [0.15, 0.2) is 36.5 Å². The van der Waals surface area contributed by atoms with Crippen molar-refractivity contribution in [1.82, 2.24) is 0 Å². The predicted molar refractivity (Wildman–Crippen MR) is 85.3 cm³/mol. The van der Waals surface area contributed by atoms with Crippen LogP contribution in [0.3, 0.4) is 0 Å². The molecule has 0 fully saturated rings. The van der Waals surface area contributed by atoms with Crippen molar-refractivity contribution in [3.8, 4) is 0 Å². The van der Waals surface area contributed by atoms with Gasteiger partial charge < -0.3 is 4.79 Å². The highest BCUT2D eigenvalue weighted by molar-refractivity contribution is 5.48. The Labute approximate surface area is 119 Å². The minimum absolute atomic E-state index is 0.707. The number of rotatable bonds is 13. The topological polar surface area (TPSA) is 17.1 Å². The zero-order valence-corrected chi connectivity index (χ0v) is 12.5. The summed E-state index contributed by atoms with van der Waals surface area (Å²) in [5.74, 6) is 0. The van der Waals surface area contributed by atoms with Crippen LogP contribution in [0.25, 0.3) is 0 Å². The molecule has 0 aromatic heterocycles. The summed E-state index contributed by atoms with van der Waals surface area (Å²) < 4.78 is 0. The van der Waals surface area contributed by atoms with Gasteiger partial charge in [-0.05, 0) is 44.9 Å². The van der Waals surface area contributed by atoms with Crippen LogP contribution in [-0.2, 0) is 4.79 Å². The molecular weight excluding hydrogens is 232 g/mol. The maximum atomic E-state index is 10.1. The van der Waals surface area contributed by atoms with E-state index in [-0.39, 0.29) is 0 Å². The van der Waals surface area contributed by atoms with Gasteiger partial charge in [0.25, 0.3) is 0 Å². The van der Waals surface area contributed by atoms with Crippen LogP contribution in [0.1, 0.15) is 71.1 Å². The van der Waals surface area contributed by atoms with Crippen molar-refractivity contribution < 1.29 is 4.79 Å². The van der Waals surface area contributed by atoms with E-state index in [4.69, 9.17) is 0 Å². The van der Waals surface area contributed by atoms with E-state index in [1.807, 2.05) is 0 Å². The zero-order valence-electron chi connectivity index (χ0n) is 12.5. The Balaban J connectivity index is 3.28. The fourth-order valence-corrected chi connectivity index (χ4v) is 1.78. The Kier molecular flexibility index (Phi) is 15.9. The second kappa shape index (κ2) is 16.9. The third-order valence-corrected chi connectivity index (χ3v) is 2.96. The van der Waals surface area contributed by atoms with E-state index in [1.165, 1.54) is 25.7 Å². The second-order valence-electron chi connectivity index (χ2n) is 4.83. The smallest absolute Gasteiger partial charge is 0.119 e. The first kappa shape index (κ1) is 17.9. The van der Waals surface area contributed by atoms with Gasteiger partial charge in [-0.25, -0.2) is 0 Å². The van der Waals surface area contributed by atoms with Gasteiger partial charge in [0.2, 0.25) is 0 Å². The third-order valence-electron chi connectivity index (χ3n) is 2.96. The van der Waals surface area contributed by atoms with Crippen molar-refractivity contribution in [2.75, 3.05) is 0 Å². The van der Waals surface area contributed by atoms with Gasteiger partial charge in [-0.2, -0.15) is 0 Å². The Morgan fingerprint density at radius 1 is 0.632 bits per heavy atom. The molecule has 0 atom stereocenters. The molecule has 0 aromatic rings. The van der Waals surface area contributed by atoms with E-state index < -0.39 is 0 Å². The second-order valence-corrected chi connectivity index (χ2v) is 4.83. The molecule has 0 aliphatic carbocycles. The zero-order chi connectivity index (χ0) is 14.0. The number of aldehydes is 1. The molecule has 1 heteroatoms. The van der Waals surface area contributed by atoms with Gasteiger partial charge >= 0.3 is 0 Å². The van der Waals surface area contributed by atoms with Gasteiger partial charge in [0.15, 0.2) is 0 Å². The number of hydrogen-bond donors (Lipinski definition) is 0. The maximum Gasteiger partial charge on any atom is 0.119 e. The van der Waals surface area contributed by atoms with Crippen molar-refractivity contribution in [2.24, 2.45) is 0 Å². The number of carbonyl (C=O) groups is 1. The van der Waals surface area contributed by atoms with Crippen LogP contribution in [0, 0.1) is 0 Å². The lowest BCUT2D eigenvalue weighted by Crippen LogP contribution is -1.75. The lowest BCUT2D eigenvalue weighted by atomic mass is 10.2. The molecule has 0 radical (unpaired) electrons. The lowest BCUT2D eigenvalue weighted by Gasteiger charge is -1.91. The van der Waals surface area contributed by atoms with Gasteiger partial charge in [0.1, 0.15) is 6.29 Å². The molecule has 19 heavy (non-hydrogen) atoms. The molecule has 0 N–H and O–H groups in total. The summed E-state index contributed by atoms with van der Waals surface area (Å²) in [6, 6.07) is 0. The lowest BCUT2D eigenvalue weighted by molar-refractivity contribution is -0.107. The van der Waals surface area contributed by atoms with Crippen molar-refractivity contribution in [3.63, 3.8) is 0 Å². The van der Waals surface area contributed by atoms with Crippen LogP contribution in [0.4, 0.5) is 0 Å². The molecule has 0 aliphatic rings. The normalized spacial score (nSPS) is 12.1. The number of carbonyl (C=O) groups excluding carboxylic acids is 1. The highest BCUT2D eigenvalue weighted by Crippen LogP contribution is 2.01. The third kappa shape index (κ3) is 16.9. The summed E-state index contributed by atoms with van der Waals surface area (Å²) in [5, 5.41) is 0. The molecule has 0 bridgehead atoms. The minimum atomic E-state index is 0.707. The van der Waals surface area contributed by atoms with E-state index in [9.17, 15) is 4.79 Å². The van der Waals surface area contributed by atoms with Crippen molar-refractivity contribution >= 4 is 6.29 Å². The van der Waals surface area contributed by atoms with Gasteiger partial charge in [-0.15, -0.1) is 0 Å². The first-order valence-corrected chi connectivity index (χ1v) is 7.80. The first-order chi connectivity index (χ1) is 9.41. The Bertz CT molecular complexity index is 261. The molecular formula is C18H30O. The predicted octanol–water partition coefficient (Wildman–Crippen LogP) is 5.77. The van der Waals surface area contributed by atoms with E-state index in [1.54, 1.807) is 0 Å². The van der Waals surface area contributed by atoms with E-state index >= 15 is 0 Å². The fourth-order valence-electron chi connectivity index (χ4n) is 1.78. The van der Waals surface area contributed by atoms with Crippen molar-refractivity contribution in [3.05, 3.63) is 36.5 Å². The Morgan fingerprint density at radius 2 is 1.11 bits per heavy atom. The molecule has 108 valence electrons. The van der Waals surface area contributed by atoms with Crippen LogP contribution in [0.5, 0.6) is 0 Å². The highest BCUT2D eigenvalue weighted by Gasteiger charge is 1.83. The molecule has 0 heterocycles. The van der Waals surface area contributed by atoms with Crippen molar-refractivity contribution in [1.29, 1.82) is 0 Å². The van der Waals surface area contributed by atoms with E-state index in [0.717, 1.165) is 38.4 Å². The summed E-state index contributed by atoms with van der Waals surface area (Å²) in [5.41, 5.74) is 0. The number of unbranched alkanes of at least 4 members (excludes halogenated alkanes) is 6. The van der Waals surface area contributed by atoms with Crippen LogP contribution >= 0.6 is 0 Å². The SMILES string of the molecule is CCCCCC=CCC=CCC=CCCCCC=O. The van der Waals surface area contributed by atoms with Crippen LogP contribution in [0.2, 0.25) is 0 Å². The summed E-state index contributed by atoms with van der Waals surface area (Å²) in [6.45, 7) is 2.24. The largest absolute Gasteiger partial charge is 0.303 e. The fraction of sp³-hybridized carbons (Fsp3) is 0.611. The van der Waals surface area contributed by atoms with Crippen LogP contribution in [-0.4, -0.2) is 6.29 Å². The monoisotopic (exact) mass is 262 g/mol. The summed E-state index contributed by atoms with van der Waals surface area (Å²) in [6.07, 6.45) is 25.7. The Morgan fingerprint density at radius 3 is 1.63 bits per heavy atom. The van der Waals surface area contributed by atoms with Crippen LogP contribution < -0.4 is 0 Å². The quantitative estimate of drug-likeness (QED) is 0.234. The van der Waals surface area contributed by atoms with Gasteiger partial charge in [-0.3, -0.25) is 0 Å². The highest BCUT2D eigenvalue weighted by atomic mass is 16.1. The van der Waals surface area contributed by atoms with E-state index in [2.05, 4.69) is 43.4 Å². The van der Waals surface area contributed by atoms with Crippen molar-refractivity contribution in [2.45, 2.75) is 71.1 Å². The molecule has 0 spiro atoms. The average molecular weight is 262 g/mol. The molecule has 0 rings (SSSR count). The maximum absolute atomic E-state index is 10.1. The van der Waals surface area contributed by atoms with Gasteiger partial charge in [0, 0.05) is 6.42 Å². The summed E-state index contributed by atoms with van der Waals surface area (Å²) in [4.78, 5) is 10.1. The molecule has 0 saturated carbocycles. The summed E-state index contributed by atoms with van der Waals surface area (Å²) >= 11 is 0. The Hall–Kier alpha value is -1.11. The summed E-state index contributed by atoms with van der Waals surface area (Å²) in [7, 11) is 0. The first-order valence-electron chi connectivity index (χ1n) is 7.80. The molecule has 0 saturated heterocycles. The minimum Gasteiger partial charge on any atom is -0.303 e.